The van der Waals surface area contributed by atoms with Gasteiger partial charge in [0.1, 0.15) is 11.5 Å². The van der Waals surface area contributed by atoms with E-state index in [2.05, 4.69) is 9.94 Å². The summed E-state index contributed by atoms with van der Waals surface area (Å²) in [6.45, 7) is 12.1. The number of halogens is 2. The summed E-state index contributed by atoms with van der Waals surface area (Å²) < 4.78 is 15.2. The lowest BCUT2D eigenvalue weighted by molar-refractivity contribution is -0.134. The summed E-state index contributed by atoms with van der Waals surface area (Å²) in [4.78, 5) is 30.0. The zero-order chi connectivity index (χ0) is 21.3. The Morgan fingerprint density at radius 2 is 2.10 bits per heavy atom. The van der Waals surface area contributed by atoms with Gasteiger partial charge < -0.3 is 15.5 Å². The van der Waals surface area contributed by atoms with Crippen LogP contribution in [0.25, 0.3) is 16.1 Å². The van der Waals surface area contributed by atoms with E-state index in [9.17, 15) is 14.0 Å². The Bertz CT molecular complexity index is 1020. The molecule has 0 saturated heterocycles. The molecular weight excluding hydrogens is 397 g/mol. The number of aromatic nitrogens is 2. The third-order valence-corrected chi connectivity index (χ3v) is 5.20. The van der Waals surface area contributed by atoms with E-state index < -0.39 is 17.1 Å². The molecule has 1 aliphatic heterocycles. The molecule has 0 radical (unpaired) electrons. The van der Waals surface area contributed by atoms with Crippen molar-refractivity contribution in [2.75, 3.05) is 13.1 Å². The second-order valence-corrected chi connectivity index (χ2v) is 8.27. The molecule has 3 rings (SSSR count). The van der Waals surface area contributed by atoms with Crippen LogP contribution in [0, 0.1) is 17.8 Å². The fourth-order valence-electron chi connectivity index (χ4n) is 3.43. The maximum atomic E-state index is 13.5. The van der Waals surface area contributed by atoms with Crippen LogP contribution < -0.4 is 5.73 Å². The smallest absolute Gasteiger partial charge is 0.252 e. The Labute approximate surface area is 173 Å². The van der Waals surface area contributed by atoms with Crippen molar-refractivity contribution in [1.82, 2.24) is 14.7 Å². The first-order chi connectivity index (χ1) is 13.6. The number of primary amides is 1. The molecule has 29 heavy (non-hydrogen) atoms. The predicted molar refractivity (Wildman–Crippen MR) is 106 cm³/mol. The highest BCUT2D eigenvalue weighted by atomic mass is 35.5. The van der Waals surface area contributed by atoms with Crippen LogP contribution in [0.3, 0.4) is 0 Å². The van der Waals surface area contributed by atoms with Crippen LogP contribution in [0.2, 0.25) is 5.02 Å². The zero-order valence-corrected chi connectivity index (χ0v) is 17.0. The average Bonchev–Trinajstić information content (AvgIpc) is 3.02. The molecule has 2 amide bonds. The van der Waals surface area contributed by atoms with Gasteiger partial charge in [-0.1, -0.05) is 25.4 Å². The van der Waals surface area contributed by atoms with Crippen molar-refractivity contribution in [1.29, 1.82) is 0 Å². The second kappa shape index (κ2) is 7.84. The van der Waals surface area contributed by atoms with Gasteiger partial charge in [-0.3, -0.25) is 14.3 Å². The van der Waals surface area contributed by atoms with E-state index in [1.165, 1.54) is 18.2 Å². The monoisotopic (exact) mass is 417 g/mol. The van der Waals surface area contributed by atoms with E-state index in [-0.39, 0.29) is 36.0 Å². The van der Waals surface area contributed by atoms with E-state index in [1.54, 1.807) is 9.58 Å². The number of nitrogens with two attached hydrogens (primary N) is 1. The number of fused-ring (bicyclic) bond motifs is 1. The first-order valence-electron chi connectivity index (χ1n) is 9.09. The number of benzene rings is 1. The van der Waals surface area contributed by atoms with Gasteiger partial charge in [0.15, 0.2) is 0 Å². The Hall–Kier alpha value is -2.92. The van der Waals surface area contributed by atoms with Crippen LogP contribution in [0.15, 0.2) is 18.2 Å². The van der Waals surface area contributed by atoms with Crippen molar-refractivity contribution in [2.24, 2.45) is 11.1 Å². The Kier molecular flexibility index (Phi) is 5.62. The van der Waals surface area contributed by atoms with Gasteiger partial charge in [-0.2, -0.15) is 5.10 Å². The minimum atomic E-state index is -0.677. The summed E-state index contributed by atoms with van der Waals surface area (Å²) in [6.07, 6.45) is 0.232. The van der Waals surface area contributed by atoms with E-state index in [0.29, 0.717) is 30.0 Å². The first kappa shape index (κ1) is 20.8. The summed E-state index contributed by atoms with van der Waals surface area (Å²) in [5.41, 5.74) is 6.71. The lowest BCUT2D eigenvalue weighted by Crippen LogP contribution is -2.41. The molecule has 2 heterocycles. The van der Waals surface area contributed by atoms with Crippen molar-refractivity contribution in [3.8, 4) is 11.3 Å². The van der Waals surface area contributed by atoms with Gasteiger partial charge in [-0.05, 0) is 18.2 Å². The highest BCUT2D eigenvalue weighted by Gasteiger charge is 2.33. The second-order valence-electron chi connectivity index (χ2n) is 7.86. The minimum absolute atomic E-state index is 0.0808. The Morgan fingerprint density at radius 3 is 2.72 bits per heavy atom. The summed E-state index contributed by atoms with van der Waals surface area (Å²) in [5.74, 6) is -1.34. The molecular formula is C20H21ClFN5O2. The van der Waals surface area contributed by atoms with Gasteiger partial charge >= 0.3 is 0 Å². The number of hydrogen-bond acceptors (Lipinski definition) is 3. The highest BCUT2D eigenvalue weighted by molar-refractivity contribution is 6.31. The largest absolute Gasteiger partial charge is 0.365 e. The fourth-order valence-corrected chi connectivity index (χ4v) is 3.61. The zero-order valence-electron chi connectivity index (χ0n) is 16.2. The molecule has 2 N–H and O–H groups in total. The summed E-state index contributed by atoms with van der Waals surface area (Å²) in [7, 11) is 0. The van der Waals surface area contributed by atoms with E-state index in [1.807, 2.05) is 13.8 Å². The average molecular weight is 418 g/mol. The summed E-state index contributed by atoms with van der Waals surface area (Å²) in [6, 6.07) is 4.08. The van der Waals surface area contributed by atoms with Gasteiger partial charge in [-0.15, -0.1) is 0 Å². The Balaban J connectivity index is 1.93. The molecule has 0 fully saturated rings. The normalized spacial score (nSPS) is 13.7. The van der Waals surface area contributed by atoms with Crippen LogP contribution in [0.5, 0.6) is 0 Å². The fraction of sp³-hybridized carbons (Fsp3) is 0.400. The van der Waals surface area contributed by atoms with Crippen molar-refractivity contribution >= 4 is 23.4 Å². The van der Waals surface area contributed by atoms with Gasteiger partial charge in [0.25, 0.3) is 5.91 Å². The molecule has 152 valence electrons. The predicted octanol–water partition coefficient (Wildman–Crippen LogP) is 3.12. The third-order valence-electron chi connectivity index (χ3n) is 4.91. The number of nitrogens with zero attached hydrogens (tertiary/aromatic N) is 4. The minimum Gasteiger partial charge on any atom is -0.365 e. The number of amides is 2. The summed E-state index contributed by atoms with van der Waals surface area (Å²) in [5, 5.41) is 4.39. The van der Waals surface area contributed by atoms with E-state index in [4.69, 9.17) is 23.9 Å². The lowest BCUT2D eigenvalue weighted by Gasteiger charge is -2.30. The standard InChI is InChI=1S/C20H21ClFN5O2/c1-20(2,11-24-3)9-16(28)26-6-7-27-15(10-26)17(19(23)29)18(25-27)12-4-5-14(22)13(21)8-12/h4-5,8H,6-7,9-11H2,1-2H3,(H2,23,29). The number of carbonyl (C=O) groups is 2. The van der Waals surface area contributed by atoms with Gasteiger partial charge in [0, 0.05) is 23.9 Å². The van der Waals surface area contributed by atoms with Gasteiger partial charge in [0.05, 0.1) is 29.4 Å². The molecule has 0 spiro atoms. The SMILES string of the molecule is [C-]#[N+]CC(C)(C)CC(=O)N1CCn2nc(-c3ccc(F)c(Cl)c3)c(C(N)=O)c2C1. The van der Waals surface area contributed by atoms with Crippen molar-refractivity contribution < 1.29 is 14.0 Å². The molecule has 0 aliphatic carbocycles. The quantitative estimate of drug-likeness (QED) is 0.758. The molecule has 7 nitrogen and oxygen atoms in total. The van der Waals surface area contributed by atoms with Gasteiger partial charge in [0.2, 0.25) is 12.5 Å². The van der Waals surface area contributed by atoms with Crippen LogP contribution >= 0.6 is 11.6 Å². The molecule has 0 atom stereocenters. The Morgan fingerprint density at radius 1 is 1.38 bits per heavy atom. The maximum absolute atomic E-state index is 13.5. The van der Waals surface area contributed by atoms with Gasteiger partial charge in [-0.25, -0.2) is 11.0 Å². The van der Waals surface area contributed by atoms with Crippen LogP contribution in [0.1, 0.15) is 36.3 Å². The highest BCUT2D eigenvalue weighted by Crippen LogP contribution is 2.31. The lowest BCUT2D eigenvalue weighted by atomic mass is 9.89. The molecule has 2 aromatic rings. The maximum Gasteiger partial charge on any atom is 0.252 e. The first-order valence-corrected chi connectivity index (χ1v) is 9.46. The topological polar surface area (TPSA) is 85.6 Å². The third kappa shape index (κ3) is 4.25. The van der Waals surface area contributed by atoms with Crippen LogP contribution in [-0.4, -0.2) is 39.6 Å². The molecule has 0 bridgehead atoms. The van der Waals surface area contributed by atoms with Crippen molar-refractivity contribution in [2.45, 2.75) is 33.4 Å². The number of carbonyl (C=O) groups excluding carboxylic acids is 2. The molecule has 1 aromatic carbocycles. The molecule has 9 heteroatoms. The van der Waals surface area contributed by atoms with E-state index in [0.717, 1.165) is 0 Å². The van der Waals surface area contributed by atoms with E-state index >= 15 is 0 Å². The molecule has 1 aliphatic rings. The van der Waals surface area contributed by atoms with Crippen molar-refractivity contribution in [3.63, 3.8) is 0 Å². The molecule has 0 unspecified atom stereocenters. The number of hydrogen-bond donors (Lipinski definition) is 1. The van der Waals surface area contributed by atoms with Crippen molar-refractivity contribution in [3.05, 3.63) is 51.7 Å². The molecule has 0 saturated carbocycles. The van der Waals surface area contributed by atoms with Crippen LogP contribution in [-0.2, 0) is 17.9 Å². The molecule has 1 aromatic heterocycles. The number of rotatable bonds is 5. The van der Waals surface area contributed by atoms with Crippen LogP contribution in [0.4, 0.5) is 4.39 Å². The summed E-state index contributed by atoms with van der Waals surface area (Å²) >= 11 is 5.87.